The molecule has 1 aromatic carbocycles. The molecule has 0 amide bonds. The van der Waals surface area contributed by atoms with Crippen LogP contribution in [0.15, 0.2) is 35.1 Å². The normalized spacial score (nSPS) is 16.4. The molecular formula is C12H13N3O. The van der Waals surface area contributed by atoms with Gasteiger partial charge in [0.1, 0.15) is 0 Å². The summed E-state index contributed by atoms with van der Waals surface area (Å²) >= 11 is 0. The second kappa shape index (κ2) is 3.64. The van der Waals surface area contributed by atoms with E-state index in [9.17, 15) is 4.79 Å². The number of rotatable bonds is 1. The average molecular weight is 215 g/mol. The van der Waals surface area contributed by atoms with Crippen molar-refractivity contribution in [1.82, 2.24) is 14.9 Å². The fourth-order valence-corrected chi connectivity index (χ4v) is 2.14. The van der Waals surface area contributed by atoms with Crippen molar-refractivity contribution in [3.8, 4) is 0 Å². The average Bonchev–Trinajstić information content (AvgIpc) is 2.66. The molecule has 0 saturated heterocycles. The van der Waals surface area contributed by atoms with Crippen molar-refractivity contribution in [3.63, 3.8) is 0 Å². The van der Waals surface area contributed by atoms with Crippen molar-refractivity contribution in [2.75, 3.05) is 13.1 Å². The lowest BCUT2D eigenvalue weighted by molar-refractivity contribution is 0.716. The number of aromatic amines is 1. The van der Waals surface area contributed by atoms with Gasteiger partial charge >= 0.3 is 5.69 Å². The highest BCUT2D eigenvalue weighted by atomic mass is 16.1. The van der Waals surface area contributed by atoms with E-state index in [0.717, 1.165) is 36.2 Å². The quantitative estimate of drug-likeness (QED) is 0.750. The molecular weight excluding hydrogens is 202 g/mol. The molecule has 0 fully saturated rings. The van der Waals surface area contributed by atoms with Crippen LogP contribution in [0.2, 0.25) is 0 Å². The molecule has 4 nitrogen and oxygen atoms in total. The number of hydrogen-bond acceptors (Lipinski definition) is 2. The first-order valence-corrected chi connectivity index (χ1v) is 5.46. The van der Waals surface area contributed by atoms with E-state index in [2.05, 4.69) is 16.4 Å². The molecule has 16 heavy (non-hydrogen) atoms. The maximum Gasteiger partial charge on any atom is 0.330 e. The Morgan fingerprint density at radius 2 is 2.12 bits per heavy atom. The Balaban J connectivity index is 2.26. The van der Waals surface area contributed by atoms with Gasteiger partial charge in [0.15, 0.2) is 0 Å². The van der Waals surface area contributed by atoms with Gasteiger partial charge in [0.2, 0.25) is 0 Å². The molecule has 2 heterocycles. The maximum absolute atomic E-state index is 11.9. The van der Waals surface area contributed by atoms with Crippen LogP contribution in [0.25, 0.3) is 16.7 Å². The molecule has 0 spiro atoms. The summed E-state index contributed by atoms with van der Waals surface area (Å²) in [4.78, 5) is 14.7. The summed E-state index contributed by atoms with van der Waals surface area (Å²) < 4.78 is 1.75. The lowest BCUT2D eigenvalue weighted by atomic mass is 10.2. The molecule has 2 aromatic rings. The van der Waals surface area contributed by atoms with Crippen molar-refractivity contribution in [1.29, 1.82) is 0 Å². The number of nitrogens with zero attached hydrogens (tertiary/aromatic N) is 1. The summed E-state index contributed by atoms with van der Waals surface area (Å²) in [7, 11) is 0. The van der Waals surface area contributed by atoms with E-state index < -0.39 is 0 Å². The zero-order valence-corrected chi connectivity index (χ0v) is 8.86. The molecule has 0 unspecified atom stereocenters. The number of benzene rings is 1. The third kappa shape index (κ3) is 1.39. The van der Waals surface area contributed by atoms with E-state index in [4.69, 9.17) is 0 Å². The van der Waals surface area contributed by atoms with Gasteiger partial charge in [-0.1, -0.05) is 18.2 Å². The Labute approximate surface area is 92.6 Å². The molecule has 0 saturated carbocycles. The highest BCUT2D eigenvalue weighted by Crippen LogP contribution is 2.15. The third-order valence-electron chi connectivity index (χ3n) is 2.88. The lowest BCUT2D eigenvalue weighted by Gasteiger charge is -2.14. The van der Waals surface area contributed by atoms with E-state index in [-0.39, 0.29) is 5.69 Å². The number of imidazole rings is 1. The summed E-state index contributed by atoms with van der Waals surface area (Å²) in [6.45, 7) is 1.74. The highest BCUT2D eigenvalue weighted by molar-refractivity contribution is 5.79. The Morgan fingerprint density at radius 3 is 2.94 bits per heavy atom. The number of hydrogen-bond donors (Lipinski definition) is 2. The van der Waals surface area contributed by atoms with Gasteiger partial charge in [-0.05, 0) is 25.1 Å². The molecule has 4 heteroatoms. The van der Waals surface area contributed by atoms with E-state index >= 15 is 0 Å². The van der Waals surface area contributed by atoms with Crippen molar-refractivity contribution in [2.45, 2.75) is 6.42 Å². The Morgan fingerprint density at radius 1 is 1.25 bits per heavy atom. The summed E-state index contributed by atoms with van der Waals surface area (Å²) in [5, 5.41) is 3.27. The van der Waals surface area contributed by atoms with Gasteiger partial charge in [-0.3, -0.25) is 4.57 Å². The van der Waals surface area contributed by atoms with E-state index in [0.29, 0.717) is 0 Å². The molecule has 0 radical (unpaired) electrons. The first-order valence-electron chi connectivity index (χ1n) is 5.46. The Kier molecular flexibility index (Phi) is 2.15. The van der Waals surface area contributed by atoms with E-state index in [1.807, 2.05) is 24.3 Å². The van der Waals surface area contributed by atoms with Gasteiger partial charge in [0.05, 0.1) is 11.0 Å². The largest absolute Gasteiger partial charge is 0.330 e. The molecule has 0 aliphatic carbocycles. The van der Waals surface area contributed by atoms with Gasteiger partial charge < -0.3 is 10.3 Å². The summed E-state index contributed by atoms with van der Waals surface area (Å²) in [6, 6.07) is 7.76. The second-order valence-electron chi connectivity index (χ2n) is 3.94. The highest BCUT2D eigenvalue weighted by Gasteiger charge is 2.11. The van der Waals surface area contributed by atoms with Crippen molar-refractivity contribution >= 4 is 16.7 Å². The number of para-hydroxylation sites is 2. The molecule has 3 rings (SSSR count). The van der Waals surface area contributed by atoms with Crippen LogP contribution in [0.5, 0.6) is 0 Å². The molecule has 0 bridgehead atoms. The van der Waals surface area contributed by atoms with Crippen LogP contribution in [0.3, 0.4) is 0 Å². The number of aromatic nitrogens is 2. The topological polar surface area (TPSA) is 49.8 Å². The predicted octanol–water partition coefficient (Wildman–Crippen LogP) is 1.16. The molecule has 0 atom stereocenters. The van der Waals surface area contributed by atoms with E-state index in [1.54, 1.807) is 4.57 Å². The summed E-state index contributed by atoms with van der Waals surface area (Å²) in [5.74, 6) is 0. The Bertz CT molecular complexity index is 606. The number of H-pyrrole nitrogens is 1. The van der Waals surface area contributed by atoms with Gasteiger partial charge in [0.25, 0.3) is 0 Å². The second-order valence-corrected chi connectivity index (χ2v) is 3.94. The molecule has 1 aliphatic rings. The number of nitrogens with one attached hydrogen (secondary N) is 2. The van der Waals surface area contributed by atoms with Crippen LogP contribution in [0, 0.1) is 0 Å². The molecule has 2 N–H and O–H groups in total. The van der Waals surface area contributed by atoms with E-state index in [1.165, 1.54) is 0 Å². The van der Waals surface area contributed by atoms with Crippen molar-refractivity contribution in [2.24, 2.45) is 0 Å². The number of fused-ring (bicyclic) bond motifs is 1. The standard InChI is InChI=1S/C12H13N3O/c16-12-14-10-5-1-2-6-11(10)15(12)9-4-3-7-13-8-9/h1-2,4-6,13H,3,7-8H2,(H,14,16). The van der Waals surface area contributed by atoms with Crippen LogP contribution in [-0.2, 0) is 0 Å². The van der Waals surface area contributed by atoms with Crippen LogP contribution < -0.4 is 11.0 Å². The smallest absolute Gasteiger partial charge is 0.311 e. The molecule has 1 aliphatic heterocycles. The van der Waals surface area contributed by atoms with Crippen molar-refractivity contribution < 1.29 is 0 Å². The first kappa shape index (κ1) is 9.42. The monoisotopic (exact) mass is 215 g/mol. The van der Waals surface area contributed by atoms with Crippen LogP contribution in [-0.4, -0.2) is 22.6 Å². The maximum atomic E-state index is 11.9. The van der Waals surface area contributed by atoms with Crippen LogP contribution in [0.1, 0.15) is 6.42 Å². The van der Waals surface area contributed by atoms with Gasteiger partial charge in [0, 0.05) is 12.2 Å². The summed E-state index contributed by atoms with van der Waals surface area (Å²) in [5.41, 5.74) is 2.81. The van der Waals surface area contributed by atoms with Crippen LogP contribution in [0.4, 0.5) is 0 Å². The molecule has 82 valence electrons. The predicted molar refractivity (Wildman–Crippen MR) is 64.3 cm³/mol. The SMILES string of the molecule is O=c1[nH]c2ccccc2n1C1=CCCNC1. The fourth-order valence-electron chi connectivity index (χ4n) is 2.14. The van der Waals surface area contributed by atoms with Gasteiger partial charge in [-0.2, -0.15) is 0 Å². The fraction of sp³-hybridized carbons (Fsp3) is 0.250. The first-order chi connectivity index (χ1) is 7.86. The third-order valence-corrected chi connectivity index (χ3v) is 2.88. The van der Waals surface area contributed by atoms with Gasteiger partial charge in [-0.15, -0.1) is 0 Å². The van der Waals surface area contributed by atoms with Crippen molar-refractivity contribution in [3.05, 3.63) is 40.8 Å². The molecule has 1 aromatic heterocycles. The minimum Gasteiger partial charge on any atom is -0.311 e. The van der Waals surface area contributed by atoms with Gasteiger partial charge in [-0.25, -0.2) is 4.79 Å². The summed E-state index contributed by atoms with van der Waals surface area (Å²) in [6.07, 6.45) is 3.10. The zero-order chi connectivity index (χ0) is 11.0. The lowest BCUT2D eigenvalue weighted by Crippen LogP contribution is -2.28. The minimum absolute atomic E-state index is 0.0591. The van der Waals surface area contributed by atoms with Crippen LogP contribution >= 0.6 is 0 Å². The minimum atomic E-state index is -0.0591. The zero-order valence-electron chi connectivity index (χ0n) is 8.86. The Hall–Kier alpha value is -1.81.